The Balaban J connectivity index is 1.68. The van der Waals surface area contributed by atoms with E-state index in [4.69, 9.17) is 11.6 Å². The highest BCUT2D eigenvalue weighted by atomic mass is 35.5. The molecule has 1 saturated heterocycles. The second-order valence-corrected chi connectivity index (χ2v) is 11.5. The number of carboxylic acid groups (broad SMARTS) is 1. The average molecular weight is 574 g/mol. The molecule has 1 aliphatic heterocycles. The summed E-state index contributed by atoms with van der Waals surface area (Å²) in [6.45, 7) is 9.37. The lowest BCUT2D eigenvalue weighted by molar-refractivity contribution is -0.153. The normalized spacial score (nSPS) is 19.7. The second kappa shape index (κ2) is 11.6. The SMILES string of the molecule is Cc1cc(Nc2nc(C[C@@]3(C(=O)O)CCN(Cc4cccc(Cl)c4F)[C@H](C)C3)c(C)c(C(=O)C(C)C)c2F)n[nH]1. The molecule has 1 aliphatic rings. The van der Waals surface area contributed by atoms with E-state index in [-0.39, 0.29) is 41.7 Å². The number of benzene rings is 1. The standard InChI is InChI=1S/C29H34ClF2N5O3/c1-15(2)26(38)23-18(5)21(33-27(25(23)32)34-22-11-16(3)35-36-22)13-29(28(39)40)9-10-37(17(4)12-29)14-19-7-6-8-20(30)24(19)31/h6-8,11,15,17H,9-10,12-14H2,1-5H3,(H,39,40)(H2,33,34,35,36)/t17-,29-/m1/s1. The van der Waals surface area contributed by atoms with E-state index in [0.29, 0.717) is 35.7 Å². The Kier molecular flexibility index (Phi) is 8.60. The van der Waals surface area contributed by atoms with Gasteiger partial charge in [0.25, 0.3) is 0 Å². The predicted octanol–water partition coefficient (Wildman–Crippen LogP) is 6.23. The molecule has 3 heterocycles. The number of aryl methyl sites for hydroxylation is 1. The summed E-state index contributed by atoms with van der Waals surface area (Å²) in [4.78, 5) is 32.4. The van der Waals surface area contributed by atoms with Gasteiger partial charge >= 0.3 is 5.97 Å². The summed E-state index contributed by atoms with van der Waals surface area (Å²) >= 11 is 5.95. The number of ketones is 1. The van der Waals surface area contributed by atoms with Crippen LogP contribution in [0.15, 0.2) is 24.3 Å². The third kappa shape index (κ3) is 5.88. The van der Waals surface area contributed by atoms with Gasteiger partial charge in [-0.2, -0.15) is 5.10 Å². The summed E-state index contributed by atoms with van der Waals surface area (Å²) in [6.07, 6.45) is 0.532. The fourth-order valence-electron chi connectivity index (χ4n) is 5.39. The first kappa shape index (κ1) is 29.6. The zero-order valence-electron chi connectivity index (χ0n) is 23.2. The molecule has 0 saturated carbocycles. The van der Waals surface area contributed by atoms with Crippen molar-refractivity contribution in [1.29, 1.82) is 0 Å². The van der Waals surface area contributed by atoms with Gasteiger partial charge in [-0.3, -0.25) is 19.6 Å². The minimum Gasteiger partial charge on any atom is -0.481 e. The summed E-state index contributed by atoms with van der Waals surface area (Å²) in [5.74, 6) is -3.00. The first-order valence-corrected chi connectivity index (χ1v) is 13.6. The average Bonchev–Trinajstić information content (AvgIpc) is 3.30. The molecule has 11 heteroatoms. The molecule has 2 atom stereocenters. The maximum absolute atomic E-state index is 15.7. The fraction of sp³-hybridized carbons (Fsp3) is 0.448. The summed E-state index contributed by atoms with van der Waals surface area (Å²) in [5, 5.41) is 20.2. The number of aliphatic carboxylic acids is 1. The van der Waals surface area contributed by atoms with Gasteiger partial charge in [0, 0.05) is 47.9 Å². The molecule has 8 nitrogen and oxygen atoms in total. The molecule has 4 rings (SSSR count). The molecule has 3 N–H and O–H groups in total. The number of aromatic nitrogens is 3. The van der Waals surface area contributed by atoms with Crippen LogP contribution >= 0.6 is 11.6 Å². The van der Waals surface area contributed by atoms with Crippen LogP contribution in [-0.2, 0) is 17.8 Å². The van der Waals surface area contributed by atoms with E-state index in [1.54, 1.807) is 45.9 Å². The third-order valence-corrected chi connectivity index (χ3v) is 8.05. The smallest absolute Gasteiger partial charge is 0.310 e. The number of carboxylic acids is 1. The number of hydrogen-bond acceptors (Lipinski definition) is 6. The zero-order valence-corrected chi connectivity index (χ0v) is 24.0. The van der Waals surface area contributed by atoms with Crippen molar-refractivity contribution in [3.63, 3.8) is 0 Å². The molecule has 0 bridgehead atoms. The monoisotopic (exact) mass is 573 g/mol. The van der Waals surface area contributed by atoms with Gasteiger partial charge in [-0.1, -0.05) is 37.6 Å². The van der Waals surface area contributed by atoms with Crippen LogP contribution in [0.25, 0.3) is 0 Å². The molecule has 1 aromatic carbocycles. The molecule has 3 aromatic rings. The van der Waals surface area contributed by atoms with E-state index in [2.05, 4.69) is 20.5 Å². The van der Waals surface area contributed by atoms with E-state index in [0.717, 1.165) is 5.69 Å². The van der Waals surface area contributed by atoms with Crippen LogP contribution in [0.4, 0.5) is 20.4 Å². The topological polar surface area (TPSA) is 111 Å². The third-order valence-electron chi connectivity index (χ3n) is 7.76. The van der Waals surface area contributed by atoms with Crippen molar-refractivity contribution in [2.24, 2.45) is 11.3 Å². The second-order valence-electron chi connectivity index (χ2n) is 11.1. The van der Waals surface area contributed by atoms with Crippen LogP contribution in [0.3, 0.4) is 0 Å². The van der Waals surface area contributed by atoms with Crippen LogP contribution < -0.4 is 5.32 Å². The van der Waals surface area contributed by atoms with Gasteiger partial charge in [-0.05, 0) is 51.8 Å². The maximum Gasteiger partial charge on any atom is 0.310 e. The lowest BCUT2D eigenvalue weighted by atomic mass is 9.71. The molecule has 0 unspecified atom stereocenters. The number of Topliss-reactive ketones (excluding diaryl/α,β-unsaturated/α-hetero) is 1. The number of hydrogen-bond donors (Lipinski definition) is 3. The zero-order chi connectivity index (χ0) is 29.4. The number of carbonyl (C=O) groups excluding carboxylic acids is 1. The Morgan fingerprint density at radius 1 is 1.27 bits per heavy atom. The van der Waals surface area contributed by atoms with Gasteiger partial charge in [0.1, 0.15) is 5.82 Å². The summed E-state index contributed by atoms with van der Waals surface area (Å²) in [7, 11) is 0. The number of aromatic amines is 1. The number of piperidine rings is 1. The Bertz CT molecular complexity index is 1440. The number of rotatable bonds is 9. The quantitative estimate of drug-likeness (QED) is 0.260. The van der Waals surface area contributed by atoms with Gasteiger partial charge in [0.2, 0.25) is 0 Å². The number of halogens is 3. The predicted molar refractivity (Wildman–Crippen MR) is 149 cm³/mol. The van der Waals surface area contributed by atoms with Crippen molar-refractivity contribution in [2.75, 3.05) is 11.9 Å². The van der Waals surface area contributed by atoms with E-state index in [1.807, 2.05) is 11.8 Å². The first-order chi connectivity index (χ1) is 18.8. The molecule has 0 radical (unpaired) electrons. The summed E-state index contributed by atoms with van der Waals surface area (Å²) < 4.78 is 30.2. The number of nitrogens with one attached hydrogen (secondary N) is 2. The molecular formula is C29H34ClF2N5O3. The van der Waals surface area contributed by atoms with Crippen molar-refractivity contribution >= 4 is 35.0 Å². The molecule has 0 spiro atoms. The van der Waals surface area contributed by atoms with Gasteiger partial charge in [0.15, 0.2) is 23.2 Å². The van der Waals surface area contributed by atoms with Crippen LogP contribution in [0.1, 0.15) is 66.5 Å². The summed E-state index contributed by atoms with van der Waals surface area (Å²) in [6, 6.07) is 6.31. The maximum atomic E-state index is 15.7. The largest absolute Gasteiger partial charge is 0.481 e. The van der Waals surface area contributed by atoms with Gasteiger partial charge in [-0.15, -0.1) is 0 Å². The number of anilines is 2. The Morgan fingerprint density at radius 3 is 2.60 bits per heavy atom. The van der Waals surface area contributed by atoms with Gasteiger partial charge in [0.05, 0.1) is 16.0 Å². The number of pyridine rings is 1. The highest BCUT2D eigenvalue weighted by molar-refractivity contribution is 6.30. The van der Waals surface area contributed by atoms with Crippen LogP contribution in [0.5, 0.6) is 0 Å². The van der Waals surface area contributed by atoms with Crippen molar-refractivity contribution < 1.29 is 23.5 Å². The Morgan fingerprint density at radius 2 is 2.00 bits per heavy atom. The highest BCUT2D eigenvalue weighted by Gasteiger charge is 2.45. The molecule has 1 fully saturated rings. The van der Waals surface area contributed by atoms with Crippen LogP contribution in [0, 0.1) is 36.8 Å². The lowest BCUT2D eigenvalue weighted by Crippen LogP contribution is -2.50. The number of nitrogens with zero attached hydrogens (tertiary/aromatic N) is 3. The molecule has 0 aliphatic carbocycles. The Labute approximate surface area is 237 Å². The Hall–Kier alpha value is -3.37. The molecule has 40 heavy (non-hydrogen) atoms. The molecular weight excluding hydrogens is 540 g/mol. The summed E-state index contributed by atoms with van der Waals surface area (Å²) in [5.41, 5.74) is 0.547. The minimum atomic E-state index is -1.21. The minimum absolute atomic E-state index is 0.00476. The van der Waals surface area contributed by atoms with E-state index in [1.165, 1.54) is 6.07 Å². The van der Waals surface area contributed by atoms with E-state index < -0.39 is 34.7 Å². The molecule has 2 aromatic heterocycles. The highest BCUT2D eigenvalue weighted by Crippen LogP contribution is 2.41. The van der Waals surface area contributed by atoms with E-state index in [9.17, 15) is 19.1 Å². The van der Waals surface area contributed by atoms with Crippen molar-refractivity contribution in [3.8, 4) is 0 Å². The molecule has 0 amide bonds. The lowest BCUT2D eigenvalue weighted by Gasteiger charge is -2.43. The first-order valence-electron chi connectivity index (χ1n) is 13.3. The van der Waals surface area contributed by atoms with Crippen molar-refractivity contribution in [1.82, 2.24) is 20.1 Å². The van der Waals surface area contributed by atoms with Gasteiger partial charge < -0.3 is 10.4 Å². The van der Waals surface area contributed by atoms with Crippen molar-refractivity contribution in [2.45, 2.75) is 66.5 Å². The number of carbonyl (C=O) groups is 2. The van der Waals surface area contributed by atoms with Crippen LogP contribution in [-0.4, -0.2) is 49.5 Å². The number of likely N-dealkylation sites (tertiary alicyclic amines) is 1. The van der Waals surface area contributed by atoms with Crippen molar-refractivity contribution in [3.05, 3.63) is 69.0 Å². The number of H-pyrrole nitrogens is 1. The van der Waals surface area contributed by atoms with E-state index >= 15 is 4.39 Å². The van der Waals surface area contributed by atoms with Crippen LogP contribution in [0.2, 0.25) is 5.02 Å². The molecule has 214 valence electrons. The van der Waals surface area contributed by atoms with Gasteiger partial charge in [-0.25, -0.2) is 13.8 Å². The fourth-order valence-corrected chi connectivity index (χ4v) is 5.58.